The van der Waals surface area contributed by atoms with Crippen molar-refractivity contribution in [3.8, 4) is 0 Å². The number of benzene rings is 2. The van der Waals surface area contributed by atoms with Gasteiger partial charge in [0.2, 0.25) is 0 Å². The Balaban J connectivity index is 2.16. The largest absolute Gasteiger partial charge is 0.397 e. The molecule has 0 saturated heterocycles. The minimum absolute atomic E-state index is 0.0104. The standard InChI is InChI=1S/C14H16FN3/c1-9(10-3-2-4-11(15)7-10)18-12-5-6-13(16)14(17)8-12/h2-9,18H,16-17H2,1H3. The molecule has 0 fully saturated rings. The van der Waals surface area contributed by atoms with E-state index in [9.17, 15) is 4.39 Å². The smallest absolute Gasteiger partial charge is 0.123 e. The van der Waals surface area contributed by atoms with Crippen molar-refractivity contribution in [3.05, 3.63) is 53.8 Å². The third-order valence-corrected chi connectivity index (χ3v) is 2.82. The van der Waals surface area contributed by atoms with Crippen LogP contribution in [0.15, 0.2) is 42.5 Å². The molecule has 2 aromatic carbocycles. The highest BCUT2D eigenvalue weighted by Gasteiger charge is 2.06. The topological polar surface area (TPSA) is 64.1 Å². The number of hydrogen-bond acceptors (Lipinski definition) is 3. The molecule has 94 valence electrons. The molecule has 0 aliphatic heterocycles. The SMILES string of the molecule is CC(Nc1ccc(N)c(N)c1)c1cccc(F)c1. The first-order valence-electron chi connectivity index (χ1n) is 5.73. The van der Waals surface area contributed by atoms with E-state index in [4.69, 9.17) is 11.5 Å². The molecular weight excluding hydrogens is 229 g/mol. The van der Waals surface area contributed by atoms with Gasteiger partial charge < -0.3 is 16.8 Å². The molecule has 18 heavy (non-hydrogen) atoms. The molecule has 0 bridgehead atoms. The van der Waals surface area contributed by atoms with Crippen molar-refractivity contribution in [3.63, 3.8) is 0 Å². The van der Waals surface area contributed by atoms with Crippen LogP contribution in [-0.2, 0) is 0 Å². The van der Waals surface area contributed by atoms with Crippen LogP contribution in [0.3, 0.4) is 0 Å². The molecule has 1 atom stereocenters. The van der Waals surface area contributed by atoms with Gasteiger partial charge in [0, 0.05) is 11.7 Å². The molecule has 0 aromatic heterocycles. The van der Waals surface area contributed by atoms with Crippen LogP contribution in [0.1, 0.15) is 18.5 Å². The van der Waals surface area contributed by atoms with Gasteiger partial charge in [0.05, 0.1) is 11.4 Å². The van der Waals surface area contributed by atoms with E-state index in [1.807, 2.05) is 19.1 Å². The van der Waals surface area contributed by atoms with E-state index in [1.54, 1.807) is 18.2 Å². The lowest BCUT2D eigenvalue weighted by Crippen LogP contribution is -2.07. The third kappa shape index (κ3) is 2.71. The second kappa shape index (κ2) is 4.96. The molecular formula is C14H16FN3. The highest BCUT2D eigenvalue weighted by molar-refractivity contribution is 5.69. The van der Waals surface area contributed by atoms with Gasteiger partial charge in [0.25, 0.3) is 0 Å². The summed E-state index contributed by atoms with van der Waals surface area (Å²) in [6.07, 6.45) is 0. The highest BCUT2D eigenvalue weighted by Crippen LogP contribution is 2.24. The molecule has 1 unspecified atom stereocenters. The second-order valence-electron chi connectivity index (χ2n) is 4.26. The minimum atomic E-state index is -0.238. The monoisotopic (exact) mass is 245 g/mol. The molecule has 0 spiro atoms. The van der Waals surface area contributed by atoms with Crippen LogP contribution in [0.25, 0.3) is 0 Å². The molecule has 2 rings (SSSR count). The van der Waals surface area contributed by atoms with Gasteiger partial charge in [-0.1, -0.05) is 12.1 Å². The summed E-state index contributed by atoms with van der Waals surface area (Å²) >= 11 is 0. The first-order valence-corrected chi connectivity index (χ1v) is 5.73. The molecule has 5 N–H and O–H groups in total. The zero-order valence-corrected chi connectivity index (χ0v) is 10.2. The molecule has 2 aromatic rings. The molecule has 0 amide bonds. The van der Waals surface area contributed by atoms with E-state index in [-0.39, 0.29) is 11.9 Å². The van der Waals surface area contributed by atoms with Crippen molar-refractivity contribution in [2.75, 3.05) is 16.8 Å². The van der Waals surface area contributed by atoms with Crippen molar-refractivity contribution in [1.82, 2.24) is 0 Å². The number of hydrogen-bond donors (Lipinski definition) is 3. The van der Waals surface area contributed by atoms with Crippen LogP contribution in [0.2, 0.25) is 0 Å². The van der Waals surface area contributed by atoms with Gasteiger partial charge in [-0.2, -0.15) is 0 Å². The first kappa shape index (κ1) is 12.2. The molecule has 0 radical (unpaired) electrons. The van der Waals surface area contributed by atoms with Gasteiger partial charge in [-0.3, -0.25) is 0 Å². The fourth-order valence-electron chi connectivity index (χ4n) is 1.77. The fourth-order valence-corrected chi connectivity index (χ4v) is 1.77. The van der Waals surface area contributed by atoms with Crippen LogP contribution in [-0.4, -0.2) is 0 Å². The molecule has 0 aliphatic carbocycles. The number of nitrogens with two attached hydrogens (primary N) is 2. The van der Waals surface area contributed by atoms with Crippen LogP contribution in [0.5, 0.6) is 0 Å². The van der Waals surface area contributed by atoms with Crippen LogP contribution < -0.4 is 16.8 Å². The Bertz CT molecular complexity index is 554. The Morgan fingerprint density at radius 1 is 1.06 bits per heavy atom. The normalized spacial score (nSPS) is 12.1. The lowest BCUT2D eigenvalue weighted by Gasteiger charge is -2.16. The lowest BCUT2D eigenvalue weighted by atomic mass is 10.1. The van der Waals surface area contributed by atoms with Crippen molar-refractivity contribution in [2.24, 2.45) is 0 Å². The number of nitrogens with one attached hydrogen (secondary N) is 1. The lowest BCUT2D eigenvalue weighted by molar-refractivity contribution is 0.623. The number of anilines is 3. The van der Waals surface area contributed by atoms with Crippen LogP contribution in [0, 0.1) is 5.82 Å². The van der Waals surface area contributed by atoms with Crippen molar-refractivity contribution in [1.29, 1.82) is 0 Å². The van der Waals surface area contributed by atoms with E-state index in [1.165, 1.54) is 12.1 Å². The second-order valence-corrected chi connectivity index (χ2v) is 4.26. The Morgan fingerprint density at radius 3 is 2.50 bits per heavy atom. The quantitative estimate of drug-likeness (QED) is 0.728. The van der Waals surface area contributed by atoms with Crippen LogP contribution in [0.4, 0.5) is 21.5 Å². The Morgan fingerprint density at radius 2 is 1.83 bits per heavy atom. The Labute approximate surface area is 106 Å². The Hall–Kier alpha value is -2.23. The van der Waals surface area contributed by atoms with Crippen molar-refractivity contribution in [2.45, 2.75) is 13.0 Å². The van der Waals surface area contributed by atoms with E-state index in [2.05, 4.69) is 5.32 Å². The Kier molecular flexibility index (Phi) is 3.37. The van der Waals surface area contributed by atoms with Gasteiger partial charge in [0.1, 0.15) is 5.82 Å². The summed E-state index contributed by atoms with van der Waals surface area (Å²) in [7, 11) is 0. The summed E-state index contributed by atoms with van der Waals surface area (Å²) in [5, 5.41) is 3.25. The average Bonchev–Trinajstić information content (AvgIpc) is 2.34. The molecule has 0 saturated carbocycles. The summed E-state index contributed by atoms with van der Waals surface area (Å²) in [5.74, 6) is -0.238. The van der Waals surface area contributed by atoms with Crippen molar-refractivity contribution >= 4 is 17.1 Å². The maximum Gasteiger partial charge on any atom is 0.123 e. The predicted molar refractivity (Wildman–Crippen MR) is 73.7 cm³/mol. The molecule has 0 aliphatic rings. The number of nitrogen functional groups attached to an aromatic ring is 2. The summed E-state index contributed by atoms with van der Waals surface area (Å²) in [6, 6.07) is 11.9. The van der Waals surface area contributed by atoms with E-state index in [0.717, 1.165) is 11.3 Å². The molecule has 4 heteroatoms. The van der Waals surface area contributed by atoms with Gasteiger partial charge in [-0.25, -0.2) is 4.39 Å². The van der Waals surface area contributed by atoms with Gasteiger partial charge in [-0.15, -0.1) is 0 Å². The van der Waals surface area contributed by atoms with Crippen LogP contribution >= 0.6 is 0 Å². The van der Waals surface area contributed by atoms with Gasteiger partial charge in [0.15, 0.2) is 0 Å². The maximum absolute atomic E-state index is 13.1. The van der Waals surface area contributed by atoms with Crippen molar-refractivity contribution < 1.29 is 4.39 Å². The predicted octanol–water partition coefficient (Wildman–Crippen LogP) is 3.16. The summed E-state index contributed by atoms with van der Waals surface area (Å²) in [5.41, 5.74) is 14.2. The van der Waals surface area contributed by atoms with Gasteiger partial charge in [-0.05, 0) is 42.8 Å². The fraction of sp³-hybridized carbons (Fsp3) is 0.143. The average molecular weight is 245 g/mol. The zero-order chi connectivity index (χ0) is 13.1. The number of halogens is 1. The zero-order valence-electron chi connectivity index (χ0n) is 10.2. The van der Waals surface area contributed by atoms with E-state index < -0.39 is 0 Å². The highest BCUT2D eigenvalue weighted by atomic mass is 19.1. The summed E-state index contributed by atoms with van der Waals surface area (Å²) < 4.78 is 13.1. The minimum Gasteiger partial charge on any atom is -0.397 e. The van der Waals surface area contributed by atoms with E-state index in [0.29, 0.717) is 11.4 Å². The first-order chi connectivity index (χ1) is 8.56. The number of rotatable bonds is 3. The van der Waals surface area contributed by atoms with E-state index >= 15 is 0 Å². The summed E-state index contributed by atoms with van der Waals surface area (Å²) in [6.45, 7) is 1.96. The van der Waals surface area contributed by atoms with Gasteiger partial charge >= 0.3 is 0 Å². The summed E-state index contributed by atoms with van der Waals surface area (Å²) in [4.78, 5) is 0. The molecule has 0 heterocycles. The molecule has 3 nitrogen and oxygen atoms in total. The third-order valence-electron chi connectivity index (χ3n) is 2.82. The maximum atomic E-state index is 13.1.